The molecule has 21 heavy (non-hydrogen) atoms. The van der Waals surface area contributed by atoms with Gasteiger partial charge < -0.3 is 10.6 Å². The molecule has 2 aromatic heterocycles. The molecule has 0 saturated carbocycles. The fourth-order valence-corrected chi connectivity index (χ4v) is 1.53. The van der Waals surface area contributed by atoms with Gasteiger partial charge in [0.15, 0.2) is 0 Å². The molecular weight excluding hydrogens is 266 g/mol. The lowest BCUT2D eigenvalue weighted by Gasteiger charge is -2.04. The van der Waals surface area contributed by atoms with E-state index in [1.54, 1.807) is 43.0 Å². The quantitative estimate of drug-likeness (QED) is 0.641. The molecule has 0 aliphatic rings. The molecule has 2 N–H and O–H groups in total. The van der Waals surface area contributed by atoms with Gasteiger partial charge in [-0.1, -0.05) is 6.07 Å². The molecule has 6 nitrogen and oxygen atoms in total. The predicted octanol–water partition coefficient (Wildman–Crippen LogP) is 1.61. The molecule has 0 spiro atoms. The lowest BCUT2D eigenvalue weighted by Crippen LogP contribution is -2.24. The van der Waals surface area contributed by atoms with Crippen LogP contribution in [0.15, 0.2) is 60.8 Å². The van der Waals surface area contributed by atoms with Gasteiger partial charge in [0.1, 0.15) is 11.6 Å². The molecule has 6 heteroatoms. The number of hydrogen-bond acceptors (Lipinski definition) is 5. The van der Waals surface area contributed by atoms with E-state index in [9.17, 15) is 4.79 Å². The Hall–Kier alpha value is -3.20. The van der Waals surface area contributed by atoms with Gasteiger partial charge in [0.05, 0.1) is 11.9 Å². The molecule has 0 aliphatic carbocycles. The highest BCUT2D eigenvalue weighted by atomic mass is 16.1. The molecule has 2 rings (SSSR count). The average molecular weight is 279 g/mol. The van der Waals surface area contributed by atoms with Gasteiger partial charge in [0.25, 0.3) is 5.91 Å². The number of nitrogens with one attached hydrogen (secondary N) is 2. The number of hydrogen-bond donors (Lipinski definition) is 2. The monoisotopic (exact) mass is 279 g/mol. The van der Waals surface area contributed by atoms with Gasteiger partial charge in [-0.25, -0.2) is 0 Å². The van der Waals surface area contributed by atoms with E-state index < -0.39 is 5.91 Å². The highest BCUT2D eigenvalue weighted by Crippen LogP contribution is 2.04. The van der Waals surface area contributed by atoms with E-state index in [1.807, 2.05) is 12.1 Å². The second-order valence-corrected chi connectivity index (χ2v) is 4.10. The molecule has 0 aliphatic heterocycles. The van der Waals surface area contributed by atoms with Crippen LogP contribution in [0.3, 0.4) is 0 Å². The number of pyridine rings is 2. The van der Waals surface area contributed by atoms with Gasteiger partial charge in [0, 0.05) is 31.3 Å². The Balaban J connectivity index is 1.94. The van der Waals surface area contributed by atoms with Crippen molar-refractivity contribution in [1.82, 2.24) is 15.3 Å². The number of nitrogens with zero attached hydrogens (tertiary/aromatic N) is 3. The molecule has 0 radical (unpaired) electrons. The van der Waals surface area contributed by atoms with E-state index in [0.29, 0.717) is 12.2 Å². The van der Waals surface area contributed by atoms with Gasteiger partial charge in [-0.15, -0.1) is 0 Å². The molecule has 0 bridgehead atoms. The Morgan fingerprint density at radius 1 is 1.24 bits per heavy atom. The van der Waals surface area contributed by atoms with Crippen LogP contribution >= 0.6 is 0 Å². The molecule has 1 amide bonds. The number of carbonyl (C=O) groups is 1. The zero-order valence-electron chi connectivity index (χ0n) is 11.2. The van der Waals surface area contributed by atoms with Crippen LogP contribution < -0.4 is 10.6 Å². The molecule has 0 atom stereocenters. The van der Waals surface area contributed by atoms with Crippen LogP contribution in [0.1, 0.15) is 5.56 Å². The van der Waals surface area contributed by atoms with Gasteiger partial charge >= 0.3 is 0 Å². The predicted molar refractivity (Wildman–Crippen MR) is 77.6 cm³/mol. The average Bonchev–Trinajstić information content (AvgIpc) is 2.55. The van der Waals surface area contributed by atoms with Gasteiger partial charge in [-0.05, 0) is 23.8 Å². The van der Waals surface area contributed by atoms with Gasteiger partial charge in [-0.2, -0.15) is 5.26 Å². The van der Waals surface area contributed by atoms with Crippen molar-refractivity contribution in [2.45, 2.75) is 6.54 Å². The summed E-state index contributed by atoms with van der Waals surface area (Å²) in [6, 6.07) is 9.03. The van der Waals surface area contributed by atoms with Crippen molar-refractivity contribution in [2.75, 3.05) is 5.32 Å². The minimum absolute atomic E-state index is 0.0113. The molecule has 0 aromatic carbocycles. The molecule has 104 valence electrons. The van der Waals surface area contributed by atoms with Crippen molar-refractivity contribution in [1.29, 1.82) is 5.26 Å². The van der Waals surface area contributed by atoms with E-state index in [-0.39, 0.29) is 5.57 Å². The van der Waals surface area contributed by atoms with E-state index in [0.717, 1.165) is 5.56 Å². The Kier molecular flexibility index (Phi) is 5.01. The summed E-state index contributed by atoms with van der Waals surface area (Å²) in [7, 11) is 0. The third-order valence-corrected chi connectivity index (χ3v) is 2.59. The maximum atomic E-state index is 11.9. The van der Waals surface area contributed by atoms with E-state index in [2.05, 4.69) is 20.6 Å². The first-order valence-corrected chi connectivity index (χ1v) is 6.23. The van der Waals surface area contributed by atoms with E-state index in [4.69, 9.17) is 5.26 Å². The van der Waals surface area contributed by atoms with Crippen LogP contribution in [0.5, 0.6) is 0 Å². The maximum Gasteiger partial charge on any atom is 0.263 e. The third-order valence-electron chi connectivity index (χ3n) is 2.59. The number of nitriles is 1. The first-order valence-electron chi connectivity index (χ1n) is 6.23. The Labute approximate surface area is 122 Å². The fourth-order valence-electron chi connectivity index (χ4n) is 1.53. The summed E-state index contributed by atoms with van der Waals surface area (Å²) in [5.41, 5.74) is 1.55. The Morgan fingerprint density at radius 3 is 2.62 bits per heavy atom. The maximum absolute atomic E-state index is 11.9. The van der Waals surface area contributed by atoms with E-state index in [1.165, 1.54) is 6.20 Å². The highest BCUT2D eigenvalue weighted by Gasteiger charge is 2.08. The fraction of sp³-hybridized carbons (Fsp3) is 0.0667. The molecule has 2 heterocycles. The molecular formula is C15H13N5O. The third kappa shape index (κ3) is 4.44. The summed E-state index contributed by atoms with van der Waals surface area (Å²) >= 11 is 0. The lowest BCUT2D eigenvalue weighted by molar-refractivity contribution is -0.117. The number of aromatic nitrogens is 2. The molecule has 0 unspecified atom stereocenters. The largest absolute Gasteiger partial charge is 0.359 e. The van der Waals surface area contributed by atoms with Crippen LogP contribution in [-0.4, -0.2) is 15.9 Å². The van der Waals surface area contributed by atoms with Crippen LogP contribution in [-0.2, 0) is 11.3 Å². The topological polar surface area (TPSA) is 90.7 Å². The minimum atomic E-state index is -0.447. The van der Waals surface area contributed by atoms with E-state index >= 15 is 0 Å². The van der Waals surface area contributed by atoms with Crippen molar-refractivity contribution in [3.05, 3.63) is 66.4 Å². The number of anilines is 1. The van der Waals surface area contributed by atoms with Crippen molar-refractivity contribution >= 4 is 11.6 Å². The van der Waals surface area contributed by atoms with Crippen LogP contribution in [0, 0.1) is 11.3 Å². The SMILES string of the molecule is N#C/C(=C/Nc1cccnc1)C(=O)NCc1cccnc1. The molecule has 0 saturated heterocycles. The summed E-state index contributed by atoms with van der Waals surface area (Å²) in [6.07, 6.45) is 7.91. The zero-order chi connectivity index (χ0) is 14.9. The first kappa shape index (κ1) is 14.2. The normalized spacial score (nSPS) is 10.5. The van der Waals surface area contributed by atoms with Gasteiger partial charge in [-0.3, -0.25) is 14.8 Å². The summed E-state index contributed by atoms with van der Waals surface area (Å²) in [4.78, 5) is 19.8. The summed E-state index contributed by atoms with van der Waals surface area (Å²) in [5.74, 6) is -0.447. The summed E-state index contributed by atoms with van der Waals surface area (Å²) in [6.45, 7) is 0.318. The Morgan fingerprint density at radius 2 is 2.00 bits per heavy atom. The second kappa shape index (κ2) is 7.40. The summed E-state index contributed by atoms with van der Waals surface area (Å²) in [5, 5.41) is 14.5. The van der Waals surface area contributed by atoms with Crippen LogP contribution in [0.4, 0.5) is 5.69 Å². The van der Waals surface area contributed by atoms with Crippen molar-refractivity contribution in [2.24, 2.45) is 0 Å². The lowest BCUT2D eigenvalue weighted by atomic mass is 10.2. The first-order chi connectivity index (χ1) is 10.3. The Bertz CT molecular complexity index is 661. The zero-order valence-corrected chi connectivity index (χ0v) is 11.2. The second-order valence-electron chi connectivity index (χ2n) is 4.10. The van der Waals surface area contributed by atoms with Gasteiger partial charge in [0.2, 0.25) is 0 Å². The van der Waals surface area contributed by atoms with Crippen molar-refractivity contribution in [3.63, 3.8) is 0 Å². The smallest absolute Gasteiger partial charge is 0.263 e. The van der Waals surface area contributed by atoms with Crippen LogP contribution in [0.25, 0.3) is 0 Å². The summed E-state index contributed by atoms with van der Waals surface area (Å²) < 4.78 is 0. The highest BCUT2D eigenvalue weighted by molar-refractivity contribution is 5.97. The van der Waals surface area contributed by atoms with Crippen LogP contribution in [0.2, 0.25) is 0 Å². The minimum Gasteiger partial charge on any atom is -0.359 e. The number of amides is 1. The molecule has 0 fully saturated rings. The standard InChI is InChI=1S/C15H13N5O/c16-7-13(10-19-14-4-2-6-18-11-14)15(21)20-9-12-3-1-5-17-8-12/h1-6,8,10-11,19H,9H2,(H,20,21)/b13-10-. The number of carbonyl (C=O) groups excluding carboxylic acids is 1. The van der Waals surface area contributed by atoms with Crippen molar-refractivity contribution in [3.8, 4) is 6.07 Å². The molecule has 2 aromatic rings. The number of rotatable bonds is 5. The van der Waals surface area contributed by atoms with Crippen molar-refractivity contribution < 1.29 is 4.79 Å².